The summed E-state index contributed by atoms with van der Waals surface area (Å²) in [6.07, 6.45) is 11.4. The molecular formula is C65H101Cl2FO. The Kier molecular flexibility index (Phi) is 43.2. The maximum atomic E-state index is 12.4. The maximum absolute atomic E-state index is 12.4. The first-order valence-corrected chi connectivity index (χ1v) is 26.3. The summed E-state index contributed by atoms with van der Waals surface area (Å²) in [7, 11) is 1.69. The van der Waals surface area contributed by atoms with E-state index in [-0.39, 0.29) is 13.2 Å². The van der Waals surface area contributed by atoms with E-state index < -0.39 is 0 Å². The largest absolute Gasteiger partial charge is 0.497 e. The van der Waals surface area contributed by atoms with Gasteiger partial charge in [-0.15, -0.1) is 6.58 Å². The van der Waals surface area contributed by atoms with Crippen LogP contribution in [0.4, 0.5) is 4.39 Å². The minimum absolute atomic E-state index is 0. The van der Waals surface area contributed by atoms with Crippen LogP contribution in [0.5, 0.6) is 5.75 Å². The average Bonchev–Trinajstić information content (AvgIpc) is 3.25. The quantitative estimate of drug-likeness (QED) is 0.0950. The molecule has 0 heterocycles. The topological polar surface area (TPSA) is 9.23 Å². The fourth-order valence-corrected chi connectivity index (χ4v) is 6.98. The normalized spacial score (nSPS) is 10.2. The maximum Gasteiger partial charge on any atom is 0.123 e. The van der Waals surface area contributed by atoms with Gasteiger partial charge in [0.2, 0.25) is 0 Å². The van der Waals surface area contributed by atoms with Crippen molar-refractivity contribution in [3.8, 4) is 5.75 Å². The van der Waals surface area contributed by atoms with E-state index in [1.807, 2.05) is 49.4 Å². The van der Waals surface area contributed by atoms with Crippen molar-refractivity contribution < 1.29 is 9.13 Å². The average molecular weight is 988 g/mol. The van der Waals surface area contributed by atoms with Crippen molar-refractivity contribution in [3.63, 3.8) is 0 Å². The van der Waals surface area contributed by atoms with E-state index in [0.717, 1.165) is 83.1 Å². The fourth-order valence-electron chi connectivity index (χ4n) is 6.65. The minimum atomic E-state index is -0.155. The Morgan fingerprint density at radius 1 is 0.493 bits per heavy atom. The van der Waals surface area contributed by atoms with Gasteiger partial charge >= 0.3 is 0 Å². The van der Waals surface area contributed by atoms with Gasteiger partial charge in [-0.25, -0.2) is 4.39 Å². The molecule has 0 bridgehead atoms. The van der Waals surface area contributed by atoms with Gasteiger partial charge in [0, 0.05) is 10.0 Å². The Morgan fingerprint density at radius 3 is 1.16 bits per heavy atom. The van der Waals surface area contributed by atoms with Crippen molar-refractivity contribution in [2.75, 3.05) is 7.11 Å². The van der Waals surface area contributed by atoms with E-state index in [0.29, 0.717) is 11.8 Å². The molecule has 1 nitrogen and oxygen atoms in total. The standard InChI is InChI=1S/C11H15Cl.C11H16O.C10H13Cl.C10H13F.C10H14.C6H14.C6H12.CH4/c1-8(2)6-10-5-4-9(3)11(12)7-10;1-9(2)8-10-4-6-11(12-3)7-5-10;2*1-8(2)7-9-3-5-10(11)6-4-9;1-9(2)8-10-6-4-3-5-7-10;2*1-4-5-6(2)3;/h4-5,7-8H,6H2,1-3H3;4-7,9H,8H2,1-3H3;2*3-6,8H,7H2,1-2H3;3-7,9H,8H2,1-2H3;6H,4-5H2,1-3H3;4,6H,1,5H2,2-3H3;1H4. The molecule has 0 saturated carbocycles. The minimum Gasteiger partial charge on any atom is -0.497 e. The lowest BCUT2D eigenvalue weighted by Gasteiger charge is -2.06. The highest BCUT2D eigenvalue weighted by atomic mass is 35.5. The third kappa shape index (κ3) is 43.9. The summed E-state index contributed by atoms with van der Waals surface area (Å²) in [6, 6.07) is 40.0. The van der Waals surface area contributed by atoms with Crippen molar-refractivity contribution in [1.82, 2.24) is 0 Å². The summed E-state index contributed by atoms with van der Waals surface area (Å²) in [4.78, 5) is 0. The number of methoxy groups -OCH3 is 1. The van der Waals surface area contributed by atoms with Crippen LogP contribution < -0.4 is 4.74 Å². The van der Waals surface area contributed by atoms with Gasteiger partial charge in [0.25, 0.3) is 0 Å². The molecule has 0 fully saturated rings. The van der Waals surface area contributed by atoms with E-state index >= 15 is 0 Å². The molecule has 0 aliphatic rings. The van der Waals surface area contributed by atoms with Gasteiger partial charge in [0.15, 0.2) is 0 Å². The number of hydrogen-bond acceptors (Lipinski definition) is 1. The Labute approximate surface area is 437 Å². The number of ether oxygens (including phenoxy) is 1. The third-order valence-electron chi connectivity index (χ3n) is 9.79. The molecule has 388 valence electrons. The zero-order valence-corrected chi connectivity index (χ0v) is 47.6. The highest BCUT2D eigenvalue weighted by Gasteiger charge is 2.01. The number of benzene rings is 5. The third-order valence-corrected chi connectivity index (χ3v) is 10.4. The van der Waals surface area contributed by atoms with Gasteiger partial charge in [-0.3, -0.25) is 0 Å². The van der Waals surface area contributed by atoms with Crippen LogP contribution in [0.3, 0.4) is 0 Å². The van der Waals surface area contributed by atoms with E-state index in [2.05, 4.69) is 183 Å². The highest BCUT2D eigenvalue weighted by Crippen LogP contribution is 2.19. The molecule has 0 aromatic heterocycles. The number of rotatable bonds is 15. The second kappa shape index (κ2) is 43.0. The summed E-state index contributed by atoms with van der Waals surface area (Å²) >= 11 is 11.7. The van der Waals surface area contributed by atoms with Gasteiger partial charge < -0.3 is 4.74 Å². The summed E-state index contributed by atoms with van der Waals surface area (Å²) < 4.78 is 17.5. The smallest absolute Gasteiger partial charge is 0.123 e. The van der Waals surface area contributed by atoms with E-state index in [1.54, 1.807) is 7.11 Å². The van der Waals surface area contributed by atoms with Gasteiger partial charge in [-0.2, -0.15) is 0 Å². The Morgan fingerprint density at radius 2 is 0.855 bits per heavy atom. The molecule has 0 N–H and O–H groups in total. The lowest BCUT2D eigenvalue weighted by atomic mass is 10.0. The lowest BCUT2D eigenvalue weighted by Crippen LogP contribution is -1.93. The molecule has 0 unspecified atom stereocenters. The molecule has 5 rings (SSSR count). The van der Waals surface area contributed by atoms with E-state index in [4.69, 9.17) is 27.9 Å². The number of aryl methyl sites for hydroxylation is 1. The summed E-state index contributed by atoms with van der Waals surface area (Å²) in [5, 5.41) is 1.70. The molecule has 0 saturated heterocycles. The van der Waals surface area contributed by atoms with Crippen molar-refractivity contribution in [2.45, 2.75) is 170 Å². The Balaban J connectivity index is -0.000000745. The molecule has 0 amide bonds. The van der Waals surface area contributed by atoms with Crippen LogP contribution in [0, 0.1) is 54.2 Å². The van der Waals surface area contributed by atoms with Crippen LogP contribution in [-0.4, -0.2) is 7.11 Å². The fraction of sp³-hybridized carbons (Fsp3) is 0.508. The second-order valence-corrected chi connectivity index (χ2v) is 21.6. The van der Waals surface area contributed by atoms with Crippen LogP contribution in [0.15, 0.2) is 134 Å². The first-order valence-electron chi connectivity index (χ1n) is 25.5. The van der Waals surface area contributed by atoms with Crippen molar-refractivity contribution in [2.24, 2.45) is 41.4 Å². The summed E-state index contributed by atoms with van der Waals surface area (Å²) in [5.74, 6) is 6.00. The van der Waals surface area contributed by atoms with Crippen LogP contribution in [0.25, 0.3) is 0 Å². The summed E-state index contributed by atoms with van der Waals surface area (Å²) in [5.41, 5.74) is 7.89. The first kappa shape index (κ1) is 69.4. The predicted molar refractivity (Wildman–Crippen MR) is 312 cm³/mol. The molecule has 0 atom stereocenters. The van der Waals surface area contributed by atoms with Gasteiger partial charge in [-0.05, 0) is 163 Å². The van der Waals surface area contributed by atoms with Crippen LogP contribution in [-0.2, 0) is 32.1 Å². The monoisotopic (exact) mass is 987 g/mol. The lowest BCUT2D eigenvalue weighted by molar-refractivity contribution is 0.414. The van der Waals surface area contributed by atoms with Crippen molar-refractivity contribution in [3.05, 3.63) is 183 Å². The van der Waals surface area contributed by atoms with Crippen molar-refractivity contribution >= 4 is 23.2 Å². The number of halogens is 3. The highest BCUT2D eigenvalue weighted by molar-refractivity contribution is 6.31. The Bertz CT molecular complexity index is 1840. The molecule has 69 heavy (non-hydrogen) atoms. The number of hydrogen-bond donors (Lipinski definition) is 0. The first-order chi connectivity index (χ1) is 32.0. The molecule has 0 radical (unpaired) electrons. The molecule has 5 aromatic rings. The van der Waals surface area contributed by atoms with E-state index in [9.17, 15) is 4.39 Å². The van der Waals surface area contributed by atoms with Crippen LogP contribution >= 0.6 is 23.2 Å². The van der Waals surface area contributed by atoms with Crippen molar-refractivity contribution in [1.29, 1.82) is 0 Å². The van der Waals surface area contributed by atoms with E-state index in [1.165, 1.54) is 59.2 Å². The molecule has 0 spiro atoms. The van der Waals surface area contributed by atoms with Gasteiger partial charge in [-0.1, -0.05) is 232 Å². The molecule has 0 aliphatic heterocycles. The van der Waals surface area contributed by atoms with Gasteiger partial charge in [0.1, 0.15) is 11.6 Å². The summed E-state index contributed by atoms with van der Waals surface area (Å²) in [6.45, 7) is 38.8. The zero-order valence-electron chi connectivity index (χ0n) is 46.1. The zero-order chi connectivity index (χ0) is 52.0. The van der Waals surface area contributed by atoms with Crippen LogP contribution in [0.1, 0.15) is 164 Å². The molecule has 0 aliphatic carbocycles. The molecule has 4 heteroatoms. The predicted octanol–water partition coefficient (Wildman–Crippen LogP) is 21.5. The van der Waals surface area contributed by atoms with Gasteiger partial charge in [0.05, 0.1) is 7.11 Å². The Hall–Kier alpha value is -3.85. The SMILES string of the molecule is C.C=CCC(C)C.CC(C)Cc1ccc(Cl)cc1.CC(C)Cc1ccc(F)cc1.CC(C)Cc1ccccc1.CCCC(C)C.COc1ccc(CC(C)C)cc1.Cc1ccc(CC(C)C)cc1Cl. The second-order valence-electron chi connectivity index (χ2n) is 20.8. The number of allylic oxidation sites excluding steroid dienone is 1. The van der Waals surface area contributed by atoms with Crippen LogP contribution in [0.2, 0.25) is 10.0 Å². The molecule has 5 aromatic carbocycles. The molecular weight excluding hydrogens is 887 g/mol.